The number of hydrogen-bond acceptors (Lipinski definition) is 5. The summed E-state index contributed by atoms with van der Waals surface area (Å²) in [6, 6.07) is 0. The topological polar surface area (TPSA) is 90.2 Å². The van der Waals surface area contributed by atoms with Gasteiger partial charge in [-0.05, 0) is 0 Å². The second-order valence-corrected chi connectivity index (χ2v) is 2.94. The zero-order chi connectivity index (χ0) is 10.4. The molecule has 0 unspecified atom stereocenters. The monoisotopic (exact) mass is 194 g/mol. The molecule has 1 saturated heterocycles. The van der Waals surface area contributed by atoms with Crippen LogP contribution in [0, 0.1) is 0 Å². The molecule has 0 aromatic rings. The number of aliphatic hydroxyl groups excluding tert-OH is 4. The van der Waals surface area contributed by atoms with E-state index in [0.29, 0.717) is 0 Å². The summed E-state index contributed by atoms with van der Waals surface area (Å²) in [5, 5.41) is 35.0. The number of rotatable bonds is 1. The van der Waals surface area contributed by atoms with Gasteiger partial charge in [0.2, 0.25) is 0 Å². The molecule has 1 aliphatic rings. The van der Waals surface area contributed by atoms with Gasteiger partial charge in [0.1, 0.15) is 18.3 Å². The van der Waals surface area contributed by atoms with Crippen LogP contribution in [0.5, 0.6) is 0 Å². The Kier molecular flexibility index (Phi) is 6.19. The van der Waals surface area contributed by atoms with E-state index in [0.717, 1.165) is 0 Å². The van der Waals surface area contributed by atoms with Gasteiger partial charge in [0, 0.05) is 0 Å². The smallest absolute Gasteiger partial charge is 0.184 e. The van der Waals surface area contributed by atoms with Crippen LogP contribution < -0.4 is 0 Å². The summed E-state index contributed by atoms with van der Waals surface area (Å²) in [7, 11) is 0. The van der Waals surface area contributed by atoms with Crippen LogP contribution in [0.15, 0.2) is 0 Å². The van der Waals surface area contributed by atoms with Crippen LogP contribution in [0.3, 0.4) is 0 Å². The highest BCUT2D eigenvalue weighted by Gasteiger charge is 2.41. The van der Waals surface area contributed by atoms with Crippen LogP contribution in [0.25, 0.3) is 0 Å². The fraction of sp³-hybridized carbons (Fsp3) is 1.00. The number of hydrogen-bond donors (Lipinski definition) is 4. The van der Waals surface area contributed by atoms with E-state index in [1.807, 2.05) is 0 Å². The Bertz CT molecular complexity index is 130. The first-order chi connectivity index (χ1) is 6.08. The maximum absolute atomic E-state index is 8.93. The zero-order valence-corrected chi connectivity index (χ0v) is 7.92. The Balaban J connectivity index is 0.000000424. The van der Waals surface area contributed by atoms with Crippen LogP contribution in [0.4, 0.5) is 0 Å². The lowest BCUT2D eigenvalue weighted by molar-refractivity contribution is -0.132. The summed E-state index contributed by atoms with van der Waals surface area (Å²) in [6.45, 7) is 3.84. The lowest BCUT2D eigenvalue weighted by atomic mass is 10.1. The maximum atomic E-state index is 8.93. The molecule has 0 aromatic carbocycles. The van der Waals surface area contributed by atoms with Crippen molar-refractivity contribution < 1.29 is 25.2 Å². The summed E-state index contributed by atoms with van der Waals surface area (Å²) in [6.07, 6.45) is -3.51. The standard InChI is InChI=1S/C5H10O5.C3H8/c6-1-2-3(7)4(8)5(9)10-2;1-3-2/h2-9H,1H2;3H2,1-2H3/t2-,3-,4-,5-;/m1./s1. The Morgan fingerprint density at radius 1 is 1.08 bits per heavy atom. The number of aliphatic hydroxyl groups is 4. The highest BCUT2D eigenvalue weighted by Crippen LogP contribution is 2.18. The Labute approximate surface area is 77.6 Å². The lowest BCUT2D eigenvalue weighted by Gasteiger charge is -2.09. The second kappa shape index (κ2) is 6.28. The van der Waals surface area contributed by atoms with Crippen LogP contribution in [-0.2, 0) is 4.74 Å². The van der Waals surface area contributed by atoms with Crippen LogP contribution >= 0.6 is 0 Å². The van der Waals surface area contributed by atoms with Crippen molar-refractivity contribution in [3.8, 4) is 0 Å². The Morgan fingerprint density at radius 2 is 1.54 bits per heavy atom. The molecule has 1 fully saturated rings. The van der Waals surface area contributed by atoms with E-state index in [2.05, 4.69) is 18.6 Å². The van der Waals surface area contributed by atoms with E-state index in [-0.39, 0.29) is 0 Å². The molecule has 0 saturated carbocycles. The first-order valence-corrected chi connectivity index (χ1v) is 4.38. The van der Waals surface area contributed by atoms with Gasteiger partial charge >= 0.3 is 0 Å². The fourth-order valence-corrected chi connectivity index (χ4v) is 0.880. The van der Waals surface area contributed by atoms with Crippen LogP contribution in [0.2, 0.25) is 0 Å². The van der Waals surface area contributed by atoms with Gasteiger partial charge < -0.3 is 25.2 Å². The SMILES string of the molecule is CCC.OC[C@H]1O[C@@H](O)[C@H](O)[C@@H]1O. The quantitative estimate of drug-likeness (QED) is 0.422. The summed E-state index contributed by atoms with van der Waals surface area (Å²) >= 11 is 0. The summed E-state index contributed by atoms with van der Waals surface area (Å²) in [4.78, 5) is 0. The van der Waals surface area contributed by atoms with Gasteiger partial charge in [0.05, 0.1) is 6.61 Å². The molecule has 0 amide bonds. The molecule has 0 spiro atoms. The second-order valence-electron chi connectivity index (χ2n) is 2.94. The van der Waals surface area contributed by atoms with Crippen molar-refractivity contribution in [1.82, 2.24) is 0 Å². The van der Waals surface area contributed by atoms with E-state index >= 15 is 0 Å². The summed E-state index contributed by atoms with van der Waals surface area (Å²) in [5.74, 6) is 0. The molecule has 13 heavy (non-hydrogen) atoms. The highest BCUT2D eigenvalue weighted by molar-refractivity contribution is 4.84. The largest absolute Gasteiger partial charge is 0.394 e. The molecule has 5 heteroatoms. The van der Waals surface area contributed by atoms with Gasteiger partial charge in [0.15, 0.2) is 6.29 Å². The van der Waals surface area contributed by atoms with E-state index in [1.165, 1.54) is 6.42 Å². The summed E-state index contributed by atoms with van der Waals surface area (Å²) in [5.41, 5.74) is 0. The van der Waals surface area contributed by atoms with Gasteiger partial charge in [-0.25, -0.2) is 0 Å². The molecule has 0 radical (unpaired) electrons. The molecule has 0 aromatic heterocycles. The van der Waals surface area contributed by atoms with Gasteiger partial charge in [0.25, 0.3) is 0 Å². The van der Waals surface area contributed by atoms with Crippen molar-refractivity contribution in [2.45, 2.75) is 44.9 Å². The van der Waals surface area contributed by atoms with Crippen molar-refractivity contribution in [2.75, 3.05) is 6.61 Å². The maximum Gasteiger partial charge on any atom is 0.184 e. The molecule has 1 rings (SSSR count). The molecule has 4 N–H and O–H groups in total. The molecule has 80 valence electrons. The average Bonchev–Trinajstić information content (AvgIpc) is 2.34. The van der Waals surface area contributed by atoms with Crippen molar-refractivity contribution in [3.05, 3.63) is 0 Å². The van der Waals surface area contributed by atoms with Gasteiger partial charge in [-0.3, -0.25) is 0 Å². The third-order valence-corrected chi connectivity index (χ3v) is 1.52. The fourth-order valence-electron chi connectivity index (χ4n) is 0.880. The van der Waals surface area contributed by atoms with E-state index < -0.39 is 31.2 Å². The minimum absolute atomic E-state index is 0.407. The molecular formula is C8H18O5. The first-order valence-electron chi connectivity index (χ1n) is 4.38. The highest BCUT2D eigenvalue weighted by atomic mass is 16.6. The van der Waals surface area contributed by atoms with Crippen molar-refractivity contribution in [2.24, 2.45) is 0 Å². The average molecular weight is 194 g/mol. The van der Waals surface area contributed by atoms with E-state index in [9.17, 15) is 0 Å². The zero-order valence-electron chi connectivity index (χ0n) is 7.92. The van der Waals surface area contributed by atoms with E-state index in [4.69, 9.17) is 20.4 Å². The number of ether oxygens (including phenoxy) is 1. The van der Waals surface area contributed by atoms with Crippen molar-refractivity contribution >= 4 is 0 Å². The first kappa shape index (κ1) is 12.8. The minimum Gasteiger partial charge on any atom is -0.394 e. The molecule has 5 nitrogen and oxygen atoms in total. The third kappa shape index (κ3) is 3.58. The normalized spacial score (nSPS) is 38.3. The Morgan fingerprint density at radius 3 is 1.69 bits per heavy atom. The lowest BCUT2D eigenvalue weighted by Crippen LogP contribution is -2.33. The van der Waals surface area contributed by atoms with Gasteiger partial charge in [-0.15, -0.1) is 0 Å². The minimum atomic E-state index is -1.38. The van der Waals surface area contributed by atoms with Crippen LogP contribution in [0.1, 0.15) is 20.3 Å². The molecule has 0 aliphatic carbocycles. The Hall–Kier alpha value is -0.200. The molecule has 1 heterocycles. The van der Waals surface area contributed by atoms with Gasteiger partial charge in [-0.1, -0.05) is 20.3 Å². The molecular weight excluding hydrogens is 176 g/mol. The van der Waals surface area contributed by atoms with Crippen LogP contribution in [-0.4, -0.2) is 51.6 Å². The van der Waals surface area contributed by atoms with Crippen molar-refractivity contribution in [1.29, 1.82) is 0 Å². The van der Waals surface area contributed by atoms with Crippen molar-refractivity contribution in [3.63, 3.8) is 0 Å². The molecule has 0 bridgehead atoms. The molecule has 1 aliphatic heterocycles. The summed E-state index contributed by atoms with van der Waals surface area (Å²) < 4.78 is 4.54. The third-order valence-electron chi connectivity index (χ3n) is 1.52. The van der Waals surface area contributed by atoms with E-state index in [1.54, 1.807) is 0 Å². The van der Waals surface area contributed by atoms with Gasteiger partial charge in [-0.2, -0.15) is 0 Å². The molecule has 4 atom stereocenters. The predicted molar refractivity (Wildman–Crippen MR) is 45.9 cm³/mol. The predicted octanol–water partition coefficient (Wildman–Crippen LogP) is -1.17.